The average molecular weight is 453 g/mol. The lowest BCUT2D eigenvalue weighted by Crippen LogP contribution is -2.16. The molecule has 0 aliphatic rings. The number of ketones is 1. The van der Waals surface area contributed by atoms with Crippen molar-refractivity contribution in [3.05, 3.63) is 90.3 Å². The summed E-state index contributed by atoms with van der Waals surface area (Å²) in [7, 11) is 1.92. The number of aryl methyl sites for hydroxylation is 1. The Kier molecular flexibility index (Phi) is 7.22. The number of benzene rings is 2. The molecule has 0 amide bonds. The van der Waals surface area contributed by atoms with Crippen LogP contribution in [-0.2, 0) is 11.2 Å². The molecule has 0 spiro atoms. The number of hydrogen-bond acceptors (Lipinski definition) is 7. The van der Waals surface area contributed by atoms with Gasteiger partial charge in [0.2, 0.25) is 5.95 Å². The van der Waals surface area contributed by atoms with Crippen LogP contribution in [0.3, 0.4) is 0 Å². The van der Waals surface area contributed by atoms with E-state index in [-0.39, 0.29) is 11.8 Å². The third-order valence-electron chi connectivity index (χ3n) is 5.56. The molecule has 2 aromatic heterocycles. The molecular formula is C27H28N6O. The van der Waals surface area contributed by atoms with Crippen molar-refractivity contribution in [1.82, 2.24) is 19.9 Å². The van der Waals surface area contributed by atoms with Gasteiger partial charge in [0.05, 0.1) is 6.04 Å². The first-order chi connectivity index (χ1) is 16.5. The first-order valence-electron chi connectivity index (χ1n) is 11.3. The first kappa shape index (κ1) is 23.0. The van der Waals surface area contributed by atoms with E-state index in [1.807, 2.05) is 60.5 Å². The van der Waals surface area contributed by atoms with Gasteiger partial charge in [-0.3, -0.25) is 0 Å². The van der Waals surface area contributed by atoms with Crippen LogP contribution in [-0.4, -0.2) is 32.8 Å². The Morgan fingerprint density at radius 2 is 1.68 bits per heavy atom. The van der Waals surface area contributed by atoms with Gasteiger partial charge in [0.1, 0.15) is 17.4 Å². The number of rotatable bonds is 9. The highest BCUT2D eigenvalue weighted by atomic mass is 16.1. The lowest BCUT2D eigenvalue weighted by atomic mass is 10.0. The molecule has 34 heavy (non-hydrogen) atoms. The number of hydrogen-bond donors (Lipinski definition) is 1. The van der Waals surface area contributed by atoms with E-state index in [4.69, 9.17) is 9.97 Å². The van der Waals surface area contributed by atoms with Gasteiger partial charge in [0, 0.05) is 31.4 Å². The monoisotopic (exact) mass is 452 g/mol. The molecule has 0 fully saturated rings. The summed E-state index contributed by atoms with van der Waals surface area (Å²) in [6, 6.07) is 21.9. The van der Waals surface area contributed by atoms with E-state index in [0.717, 1.165) is 34.7 Å². The third kappa shape index (κ3) is 5.81. The highest BCUT2D eigenvalue weighted by molar-refractivity contribution is 5.75. The summed E-state index contributed by atoms with van der Waals surface area (Å²) in [5, 5.41) is 3.39. The highest BCUT2D eigenvalue weighted by Gasteiger charge is 2.13. The number of aromatic nitrogens is 4. The molecule has 4 rings (SSSR count). The van der Waals surface area contributed by atoms with Gasteiger partial charge in [0.25, 0.3) is 0 Å². The Labute approximate surface area is 200 Å². The fourth-order valence-corrected chi connectivity index (χ4v) is 3.60. The summed E-state index contributed by atoms with van der Waals surface area (Å²) in [5.74, 6) is 2.85. The van der Waals surface area contributed by atoms with Crippen molar-refractivity contribution in [3.63, 3.8) is 0 Å². The lowest BCUT2D eigenvalue weighted by Gasteiger charge is -2.20. The van der Waals surface area contributed by atoms with Crippen LogP contribution in [0.25, 0.3) is 11.4 Å². The summed E-state index contributed by atoms with van der Waals surface area (Å²) >= 11 is 0. The Balaban J connectivity index is 1.49. The van der Waals surface area contributed by atoms with Crippen molar-refractivity contribution in [3.8, 4) is 11.4 Å². The van der Waals surface area contributed by atoms with Gasteiger partial charge in [0.15, 0.2) is 5.82 Å². The number of anilines is 3. The number of carbonyl (C=O) groups excluding carboxylic acids is 1. The van der Waals surface area contributed by atoms with Gasteiger partial charge in [-0.25, -0.2) is 15.0 Å². The maximum Gasteiger partial charge on any atom is 0.225 e. The molecule has 4 aromatic rings. The minimum absolute atomic E-state index is 0.00145. The van der Waals surface area contributed by atoms with E-state index in [1.54, 1.807) is 19.3 Å². The van der Waals surface area contributed by atoms with E-state index in [9.17, 15) is 4.79 Å². The largest absolute Gasteiger partial charge is 0.348 e. The van der Waals surface area contributed by atoms with Gasteiger partial charge >= 0.3 is 0 Å². The molecular weight excluding hydrogens is 424 g/mol. The fourth-order valence-electron chi connectivity index (χ4n) is 3.60. The molecule has 2 aromatic carbocycles. The van der Waals surface area contributed by atoms with Crippen molar-refractivity contribution in [2.75, 3.05) is 17.3 Å². The zero-order chi connectivity index (χ0) is 23.9. The molecule has 1 N–H and O–H groups in total. The van der Waals surface area contributed by atoms with Crippen LogP contribution in [0.1, 0.15) is 37.4 Å². The average Bonchev–Trinajstić information content (AvgIpc) is 2.88. The Morgan fingerprint density at radius 3 is 2.44 bits per heavy atom. The fraction of sp³-hybridized carbons (Fsp3) is 0.222. The van der Waals surface area contributed by atoms with E-state index >= 15 is 0 Å². The molecule has 7 nitrogen and oxygen atoms in total. The van der Waals surface area contributed by atoms with Crippen LogP contribution in [0.5, 0.6) is 0 Å². The second-order valence-electron chi connectivity index (χ2n) is 8.22. The van der Waals surface area contributed by atoms with Crippen LogP contribution in [0, 0.1) is 0 Å². The standard InChI is InChI=1S/C27H28N6O/c1-19(34)12-13-21-8-7-11-23(18-21)20(2)30-27-29-17-15-25(32-27)33(3)24-14-16-28-26(31-24)22-9-5-4-6-10-22/h4-11,14-18,20H,12-13H2,1-3H3,(H,29,30,32). The van der Waals surface area contributed by atoms with Gasteiger partial charge in [-0.1, -0.05) is 54.6 Å². The van der Waals surface area contributed by atoms with E-state index in [2.05, 4.69) is 40.4 Å². The zero-order valence-electron chi connectivity index (χ0n) is 19.6. The number of nitrogens with zero attached hydrogens (tertiary/aromatic N) is 5. The van der Waals surface area contributed by atoms with Crippen molar-refractivity contribution in [1.29, 1.82) is 0 Å². The maximum absolute atomic E-state index is 11.3. The molecule has 0 radical (unpaired) electrons. The minimum atomic E-state index is 0.00145. The van der Waals surface area contributed by atoms with Gasteiger partial charge in [-0.2, -0.15) is 4.98 Å². The smallest absolute Gasteiger partial charge is 0.225 e. The Morgan fingerprint density at radius 1 is 0.941 bits per heavy atom. The van der Waals surface area contributed by atoms with E-state index in [0.29, 0.717) is 18.2 Å². The SMILES string of the molecule is CC(=O)CCc1cccc(C(C)Nc2nccc(N(C)c3ccnc(-c4ccccc4)n3)n2)c1. The zero-order valence-corrected chi connectivity index (χ0v) is 19.6. The molecule has 0 bridgehead atoms. The maximum atomic E-state index is 11.3. The lowest BCUT2D eigenvalue weighted by molar-refractivity contribution is -0.116. The molecule has 1 atom stereocenters. The van der Waals surface area contributed by atoms with Gasteiger partial charge in [-0.15, -0.1) is 0 Å². The molecule has 172 valence electrons. The normalized spacial score (nSPS) is 11.6. The van der Waals surface area contributed by atoms with Gasteiger partial charge in [-0.05, 0) is 43.5 Å². The molecule has 7 heteroatoms. The van der Waals surface area contributed by atoms with E-state index < -0.39 is 0 Å². The van der Waals surface area contributed by atoms with E-state index in [1.165, 1.54) is 0 Å². The Hall–Kier alpha value is -4.13. The minimum Gasteiger partial charge on any atom is -0.348 e. The van der Waals surface area contributed by atoms with Crippen molar-refractivity contribution in [2.45, 2.75) is 32.7 Å². The number of nitrogens with one attached hydrogen (secondary N) is 1. The quantitative estimate of drug-likeness (QED) is 0.364. The molecule has 0 aliphatic carbocycles. The molecule has 2 heterocycles. The van der Waals surface area contributed by atoms with Crippen LogP contribution in [0.4, 0.5) is 17.6 Å². The van der Waals surface area contributed by atoms with Crippen molar-refractivity contribution >= 4 is 23.4 Å². The predicted molar refractivity (Wildman–Crippen MR) is 135 cm³/mol. The van der Waals surface area contributed by atoms with Crippen molar-refractivity contribution in [2.24, 2.45) is 0 Å². The second-order valence-corrected chi connectivity index (χ2v) is 8.22. The molecule has 0 saturated heterocycles. The predicted octanol–water partition coefficient (Wildman–Crippen LogP) is 5.40. The summed E-state index contributed by atoms with van der Waals surface area (Å²) < 4.78 is 0. The topological polar surface area (TPSA) is 83.9 Å². The number of carbonyl (C=O) groups is 1. The molecule has 0 saturated carbocycles. The summed E-state index contributed by atoms with van der Waals surface area (Å²) in [6.07, 6.45) is 4.79. The second kappa shape index (κ2) is 10.7. The molecule has 1 unspecified atom stereocenters. The van der Waals surface area contributed by atoms with Crippen LogP contribution in [0.15, 0.2) is 79.1 Å². The van der Waals surface area contributed by atoms with Crippen LogP contribution in [0.2, 0.25) is 0 Å². The van der Waals surface area contributed by atoms with Gasteiger partial charge < -0.3 is 15.0 Å². The van der Waals surface area contributed by atoms with Crippen LogP contribution >= 0.6 is 0 Å². The number of Topliss-reactive ketones (excluding diaryl/α,β-unsaturated/α-hetero) is 1. The first-order valence-corrected chi connectivity index (χ1v) is 11.3. The third-order valence-corrected chi connectivity index (χ3v) is 5.56. The summed E-state index contributed by atoms with van der Waals surface area (Å²) in [5.41, 5.74) is 3.22. The summed E-state index contributed by atoms with van der Waals surface area (Å²) in [6.45, 7) is 3.69. The van der Waals surface area contributed by atoms with Crippen LogP contribution < -0.4 is 10.2 Å². The Bertz CT molecular complexity index is 1260. The molecule has 0 aliphatic heterocycles. The summed E-state index contributed by atoms with van der Waals surface area (Å²) in [4.78, 5) is 31.4. The van der Waals surface area contributed by atoms with Crippen molar-refractivity contribution < 1.29 is 4.79 Å². The highest BCUT2D eigenvalue weighted by Crippen LogP contribution is 2.24.